The van der Waals surface area contributed by atoms with Gasteiger partial charge >= 0.3 is 0 Å². The SMILES string of the molecule is Cc1nc(-c2ccc(NC(C)c3cccs3)cc2)cs1. The van der Waals surface area contributed by atoms with Gasteiger partial charge in [-0.3, -0.25) is 0 Å². The second-order valence-corrected chi connectivity index (χ2v) is 6.75. The zero-order valence-electron chi connectivity index (χ0n) is 11.5. The highest BCUT2D eigenvalue weighted by atomic mass is 32.1. The van der Waals surface area contributed by atoms with E-state index < -0.39 is 0 Å². The van der Waals surface area contributed by atoms with E-state index in [0.29, 0.717) is 6.04 Å². The molecule has 1 atom stereocenters. The van der Waals surface area contributed by atoms with E-state index in [4.69, 9.17) is 0 Å². The van der Waals surface area contributed by atoms with Crippen LogP contribution in [0.2, 0.25) is 0 Å². The molecule has 1 unspecified atom stereocenters. The number of hydrogen-bond acceptors (Lipinski definition) is 4. The van der Waals surface area contributed by atoms with Crippen LogP contribution in [0.3, 0.4) is 0 Å². The molecule has 4 heteroatoms. The molecule has 2 nitrogen and oxygen atoms in total. The third-order valence-corrected chi connectivity index (χ3v) is 4.98. The summed E-state index contributed by atoms with van der Waals surface area (Å²) >= 11 is 3.47. The number of anilines is 1. The number of aromatic nitrogens is 1. The van der Waals surface area contributed by atoms with Crippen molar-refractivity contribution in [3.8, 4) is 11.3 Å². The maximum atomic E-state index is 4.51. The summed E-state index contributed by atoms with van der Waals surface area (Å²) < 4.78 is 0. The predicted molar refractivity (Wildman–Crippen MR) is 88.6 cm³/mol. The highest BCUT2D eigenvalue weighted by Gasteiger charge is 2.07. The van der Waals surface area contributed by atoms with E-state index in [1.807, 2.05) is 6.92 Å². The Hall–Kier alpha value is -1.65. The number of nitrogens with zero attached hydrogens (tertiary/aromatic N) is 1. The molecular formula is C16H16N2S2. The Morgan fingerprint density at radius 3 is 2.50 bits per heavy atom. The largest absolute Gasteiger partial charge is 0.378 e. The minimum atomic E-state index is 0.336. The van der Waals surface area contributed by atoms with Crippen molar-refractivity contribution in [2.24, 2.45) is 0 Å². The predicted octanol–water partition coefficient (Wildman–Crippen LogP) is 5.35. The first-order valence-corrected chi connectivity index (χ1v) is 8.31. The summed E-state index contributed by atoms with van der Waals surface area (Å²) in [7, 11) is 0. The first kappa shape index (κ1) is 13.3. The van der Waals surface area contributed by atoms with E-state index in [2.05, 4.69) is 64.4 Å². The van der Waals surface area contributed by atoms with Crippen molar-refractivity contribution in [1.29, 1.82) is 0 Å². The van der Waals surface area contributed by atoms with E-state index in [-0.39, 0.29) is 0 Å². The fraction of sp³-hybridized carbons (Fsp3) is 0.188. The number of nitrogens with one attached hydrogen (secondary N) is 1. The molecule has 0 saturated carbocycles. The van der Waals surface area contributed by atoms with E-state index in [9.17, 15) is 0 Å². The fourth-order valence-electron chi connectivity index (χ4n) is 2.09. The number of rotatable bonds is 4. The topological polar surface area (TPSA) is 24.9 Å². The lowest BCUT2D eigenvalue weighted by atomic mass is 10.1. The van der Waals surface area contributed by atoms with Crippen LogP contribution in [0.15, 0.2) is 47.2 Å². The van der Waals surface area contributed by atoms with E-state index in [1.54, 1.807) is 22.7 Å². The standard InChI is InChI=1S/C16H16N2S2/c1-11(16-4-3-9-19-16)17-14-7-5-13(6-8-14)15-10-20-12(2)18-15/h3-11,17H,1-2H3. The van der Waals surface area contributed by atoms with E-state index in [0.717, 1.165) is 16.4 Å². The number of thiazole rings is 1. The minimum Gasteiger partial charge on any atom is -0.378 e. The van der Waals surface area contributed by atoms with Gasteiger partial charge in [-0.2, -0.15) is 0 Å². The summed E-state index contributed by atoms with van der Waals surface area (Å²) in [4.78, 5) is 5.86. The summed E-state index contributed by atoms with van der Waals surface area (Å²) in [6, 6.07) is 13.1. The smallest absolute Gasteiger partial charge is 0.0901 e. The van der Waals surface area contributed by atoms with Crippen LogP contribution in [0.5, 0.6) is 0 Å². The molecule has 0 aliphatic carbocycles. The minimum absolute atomic E-state index is 0.336. The van der Waals surface area contributed by atoms with Crippen LogP contribution in [-0.2, 0) is 0 Å². The molecule has 0 saturated heterocycles. The van der Waals surface area contributed by atoms with Crippen molar-refractivity contribution in [1.82, 2.24) is 4.98 Å². The van der Waals surface area contributed by atoms with Gasteiger partial charge in [-0.15, -0.1) is 22.7 Å². The summed E-state index contributed by atoms with van der Waals surface area (Å²) in [6.07, 6.45) is 0. The van der Waals surface area contributed by atoms with Crippen LogP contribution in [0, 0.1) is 6.92 Å². The Morgan fingerprint density at radius 2 is 1.90 bits per heavy atom. The van der Waals surface area contributed by atoms with Gasteiger partial charge in [0.15, 0.2) is 0 Å². The number of thiophene rings is 1. The van der Waals surface area contributed by atoms with Crippen LogP contribution in [0.4, 0.5) is 5.69 Å². The highest BCUT2D eigenvalue weighted by Crippen LogP contribution is 2.26. The normalized spacial score (nSPS) is 12.3. The average molecular weight is 300 g/mol. The molecule has 0 radical (unpaired) electrons. The molecule has 1 aromatic carbocycles. The molecule has 102 valence electrons. The molecule has 3 rings (SSSR count). The molecule has 0 aliphatic rings. The molecular weight excluding hydrogens is 284 g/mol. The van der Waals surface area contributed by atoms with Crippen molar-refractivity contribution in [2.75, 3.05) is 5.32 Å². The third-order valence-electron chi connectivity index (χ3n) is 3.15. The van der Waals surface area contributed by atoms with E-state index >= 15 is 0 Å². The molecule has 3 aromatic rings. The lowest BCUT2D eigenvalue weighted by molar-refractivity contribution is 0.908. The van der Waals surface area contributed by atoms with Gasteiger partial charge in [0.25, 0.3) is 0 Å². The van der Waals surface area contributed by atoms with Crippen molar-refractivity contribution in [3.05, 3.63) is 57.0 Å². The molecule has 0 amide bonds. The zero-order valence-corrected chi connectivity index (χ0v) is 13.1. The second kappa shape index (κ2) is 5.77. The van der Waals surface area contributed by atoms with Gasteiger partial charge in [-0.05, 0) is 37.4 Å². The lowest BCUT2D eigenvalue weighted by Crippen LogP contribution is -2.04. The molecule has 2 aromatic heterocycles. The first-order chi connectivity index (χ1) is 9.72. The molecule has 0 fully saturated rings. The second-order valence-electron chi connectivity index (χ2n) is 4.71. The fourth-order valence-corrected chi connectivity index (χ4v) is 3.45. The highest BCUT2D eigenvalue weighted by molar-refractivity contribution is 7.10. The molecule has 0 spiro atoms. The Morgan fingerprint density at radius 1 is 1.10 bits per heavy atom. The van der Waals surface area contributed by atoms with Crippen LogP contribution in [0.1, 0.15) is 22.9 Å². The number of benzene rings is 1. The first-order valence-electron chi connectivity index (χ1n) is 6.55. The summed E-state index contributed by atoms with van der Waals surface area (Å²) in [5.41, 5.74) is 3.37. The van der Waals surface area contributed by atoms with Crippen LogP contribution in [-0.4, -0.2) is 4.98 Å². The molecule has 1 N–H and O–H groups in total. The monoisotopic (exact) mass is 300 g/mol. The van der Waals surface area contributed by atoms with Gasteiger partial charge in [0.2, 0.25) is 0 Å². The van der Waals surface area contributed by atoms with Gasteiger partial charge < -0.3 is 5.32 Å². The lowest BCUT2D eigenvalue weighted by Gasteiger charge is -2.13. The van der Waals surface area contributed by atoms with Gasteiger partial charge in [-0.1, -0.05) is 18.2 Å². The Bertz CT molecular complexity index is 669. The molecule has 0 aliphatic heterocycles. The molecule has 0 bridgehead atoms. The maximum Gasteiger partial charge on any atom is 0.0901 e. The van der Waals surface area contributed by atoms with Gasteiger partial charge in [-0.25, -0.2) is 4.98 Å². The van der Waals surface area contributed by atoms with Gasteiger partial charge in [0, 0.05) is 21.5 Å². The summed E-state index contributed by atoms with van der Waals surface area (Å²) in [5, 5.41) is 8.84. The summed E-state index contributed by atoms with van der Waals surface area (Å²) in [5.74, 6) is 0. The Balaban J connectivity index is 1.73. The Kier molecular flexibility index (Phi) is 3.85. The molecule has 20 heavy (non-hydrogen) atoms. The van der Waals surface area contributed by atoms with Crippen LogP contribution >= 0.6 is 22.7 Å². The van der Waals surface area contributed by atoms with Gasteiger partial charge in [0.05, 0.1) is 16.7 Å². The maximum absolute atomic E-state index is 4.51. The average Bonchev–Trinajstić information content (AvgIpc) is 3.10. The van der Waals surface area contributed by atoms with Crippen molar-refractivity contribution >= 4 is 28.4 Å². The summed E-state index contributed by atoms with van der Waals surface area (Å²) in [6.45, 7) is 4.22. The number of aryl methyl sites for hydroxylation is 1. The van der Waals surface area contributed by atoms with Crippen molar-refractivity contribution in [3.63, 3.8) is 0 Å². The van der Waals surface area contributed by atoms with Crippen LogP contribution < -0.4 is 5.32 Å². The Labute approximate surface area is 127 Å². The van der Waals surface area contributed by atoms with Crippen molar-refractivity contribution in [2.45, 2.75) is 19.9 Å². The van der Waals surface area contributed by atoms with Crippen molar-refractivity contribution < 1.29 is 0 Å². The number of hydrogen-bond donors (Lipinski definition) is 1. The zero-order chi connectivity index (χ0) is 13.9. The van der Waals surface area contributed by atoms with Crippen LogP contribution in [0.25, 0.3) is 11.3 Å². The third kappa shape index (κ3) is 2.92. The molecule has 2 heterocycles. The quantitative estimate of drug-likeness (QED) is 0.702. The van der Waals surface area contributed by atoms with Gasteiger partial charge in [0.1, 0.15) is 0 Å². The van der Waals surface area contributed by atoms with E-state index in [1.165, 1.54) is 10.4 Å².